The van der Waals surface area contributed by atoms with E-state index < -0.39 is 11.7 Å². The topological polar surface area (TPSA) is 66.1 Å². The van der Waals surface area contributed by atoms with Crippen LogP contribution in [0.1, 0.15) is 30.2 Å². The first-order chi connectivity index (χ1) is 10.5. The fraction of sp³-hybridized carbons (Fsp3) is 0.294. The molecule has 5 heteroatoms. The fourth-order valence-corrected chi connectivity index (χ4v) is 3.84. The van der Waals surface area contributed by atoms with Crippen LogP contribution in [-0.4, -0.2) is 21.8 Å². The molecule has 112 valence electrons. The molecule has 3 rings (SSSR count). The minimum absolute atomic E-state index is 0.200. The van der Waals surface area contributed by atoms with Gasteiger partial charge in [-0.05, 0) is 44.2 Å². The second-order valence-corrected chi connectivity index (χ2v) is 6.95. The lowest BCUT2D eigenvalue weighted by Gasteiger charge is -2.41. The Morgan fingerprint density at radius 3 is 2.68 bits per heavy atom. The van der Waals surface area contributed by atoms with Gasteiger partial charge in [0, 0.05) is 22.9 Å². The second kappa shape index (κ2) is 5.64. The van der Waals surface area contributed by atoms with Gasteiger partial charge in [-0.25, -0.2) is 0 Å². The van der Waals surface area contributed by atoms with Crippen molar-refractivity contribution in [1.82, 2.24) is 4.98 Å². The van der Waals surface area contributed by atoms with Crippen LogP contribution < -0.4 is 4.74 Å². The van der Waals surface area contributed by atoms with Gasteiger partial charge in [-0.2, -0.15) is 5.26 Å². The van der Waals surface area contributed by atoms with Gasteiger partial charge in [-0.3, -0.25) is 4.98 Å². The standard InChI is InChI=1S/C17H16N2O2S/c1-17(2)16(20)15(22-12-5-7-19-8-6-12)13-9-11(10-18)3-4-14(13)21-17/h3-9,15-16,20H,1-2H3. The van der Waals surface area contributed by atoms with Gasteiger partial charge in [0.05, 0.1) is 16.9 Å². The lowest BCUT2D eigenvalue weighted by molar-refractivity contribution is -0.0429. The number of ether oxygens (including phenoxy) is 1. The third-order valence-electron chi connectivity index (χ3n) is 3.73. The number of thioether (sulfide) groups is 1. The molecule has 2 unspecified atom stereocenters. The third kappa shape index (κ3) is 2.68. The van der Waals surface area contributed by atoms with Crippen molar-refractivity contribution in [3.63, 3.8) is 0 Å². The highest BCUT2D eigenvalue weighted by Crippen LogP contribution is 2.49. The second-order valence-electron chi connectivity index (χ2n) is 5.74. The monoisotopic (exact) mass is 312 g/mol. The number of pyridine rings is 1. The summed E-state index contributed by atoms with van der Waals surface area (Å²) in [6, 6.07) is 11.3. The molecule has 1 aliphatic heterocycles. The largest absolute Gasteiger partial charge is 0.485 e. The molecule has 0 radical (unpaired) electrons. The molecule has 0 amide bonds. The van der Waals surface area contributed by atoms with Crippen molar-refractivity contribution in [2.24, 2.45) is 0 Å². The molecule has 0 saturated heterocycles. The molecule has 0 saturated carbocycles. The molecule has 0 bridgehead atoms. The van der Waals surface area contributed by atoms with Crippen LogP contribution in [0, 0.1) is 11.3 Å². The van der Waals surface area contributed by atoms with Crippen molar-refractivity contribution in [1.29, 1.82) is 5.26 Å². The zero-order valence-corrected chi connectivity index (χ0v) is 13.2. The number of nitrogens with zero attached hydrogens (tertiary/aromatic N) is 2. The number of rotatable bonds is 2. The summed E-state index contributed by atoms with van der Waals surface area (Å²) in [5, 5.41) is 19.6. The molecule has 2 atom stereocenters. The van der Waals surface area contributed by atoms with E-state index in [1.54, 1.807) is 36.3 Å². The summed E-state index contributed by atoms with van der Waals surface area (Å²) >= 11 is 1.56. The molecule has 4 nitrogen and oxygen atoms in total. The van der Waals surface area contributed by atoms with E-state index in [1.165, 1.54) is 0 Å². The van der Waals surface area contributed by atoms with Gasteiger partial charge in [0.1, 0.15) is 17.5 Å². The van der Waals surface area contributed by atoms with Crippen LogP contribution in [0.5, 0.6) is 5.75 Å². The Bertz CT molecular complexity index is 725. The summed E-state index contributed by atoms with van der Waals surface area (Å²) in [7, 11) is 0. The van der Waals surface area contributed by atoms with E-state index >= 15 is 0 Å². The first kappa shape index (κ1) is 14.9. The zero-order valence-electron chi connectivity index (χ0n) is 12.4. The van der Waals surface area contributed by atoms with Gasteiger partial charge in [-0.15, -0.1) is 11.8 Å². The smallest absolute Gasteiger partial charge is 0.131 e. The van der Waals surface area contributed by atoms with Gasteiger partial charge >= 0.3 is 0 Å². The Kier molecular flexibility index (Phi) is 3.81. The van der Waals surface area contributed by atoms with Crippen molar-refractivity contribution < 1.29 is 9.84 Å². The van der Waals surface area contributed by atoms with E-state index in [2.05, 4.69) is 11.1 Å². The van der Waals surface area contributed by atoms with E-state index in [4.69, 9.17) is 10.00 Å². The molecule has 1 aromatic carbocycles. The van der Waals surface area contributed by atoms with Crippen LogP contribution in [0.15, 0.2) is 47.6 Å². The molecule has 1 aromatic heterocycles. The van der Waals surface area contributed by atoms with E-state index in [-0.39, 0.29) is 5.25 Å². The van der Waals surface area contributed by atoms with Crippen LogP contribution in [0.3, 0.4) is 0 Å². The van der Waals surface area contributed by atoms with Crippen LogP contribution >= 0.6 is 11.8 Å². The van der Waals surface area contributed by atoms with Gasteiger partial charge in [0.15, 0.2) is 0 Å². The summed E-state index contributed by atoms with van der Waals surface area (Å²) in [4.78, 5) is 5.03. The lowest BCUT2D eigenvalue weighted by atomic mass is 9.90. The van der Waals surface area contributed by atoms with Crippen LogP contribution in [-0.2, 0) is 0 Å². The SMILES string of the molecule is CC1(C)Oc2ccc(C#N)cc2C(Sc2ccncc2)C1O. The molecule has 0 aliphatic carbocycles. The highest BCUT2D eigenvalue weighted by molar-refractivity contribution is 7.99. The molecular formula is C17H16N2O2S. The highest BCUT2D eigenvalue weighted by Gasteiger charge is 2.43. The average molecular weight is 312 g/mol. The number of nitriles is 1. The Labute approximate surface area is 133 Å². The number of hydrogen-bond acceptors (Lipinski definition) is 5. The molecule has 1 aliphatic rings. The summed E-state index contributed by atoms with van der Waals surface area (Å²) < 4.78 is 5.91. The van der Waals surface area contributed by atoms with Gasteiger partial charge in [0.2, 0.25) is 0 Å². The van der Waals surface area contributed by atoms with Gasteiger partial charge < -0.3 is 9.84 Å². The summed E-state index contributed by atoms with van der Waals surface area (Å²) in [5.41, 5.74) is 0.730. The van der Waals surface area contributed by atoms with Crippen LogP contribution in [0.25, 0.3) is 0 Å². The Hall–Kier alpha value is -2.03. The van der Waals surface area contributed by atoms with Crippen LogP contribution in [0.2, 0.25) is 0 Å². The van der Waals surface area contributed by atoms with Crippen molar-refractivity contribution >= 4 is 11.8 Å². The highest BCUT2D eigenvalue weighted by atomic mass is 32.2. The predicted molar refractivity (Wildman–Crippen MR) is 84.7 cm³/mol. The van der Waals surface area contributed by atoms with E-state index in [0.29, 0.717) is 5.56 Å². The number of hydrogen-bond donors (Lipinski definition) is 1. The van der Waals surface area contributed by atoms with Crippen molar-refractivity contribution in [3.05, 3.63) is 53.9 Å². The van der Waals surface area contributed by atoms with Crippen LogP contribution in [0.4, 0.5) is 0 Å². The lowest BCUT2D eigenvalue weighted by Crippen LogP contribution is -2.48. The van der Waals surface area contributed by atoms with E-state index in [0.717, 1.165) is 16.2 Å². The quantitative estimate of drug-likeness (QED) is 0.921. The number of aliphatic hydroxyl groups is 1. The Morgan fingerprint density at radius 1 is 1.27 bits per heavy atom. The molecule has 22 heavy (non-hydrogen) atoms. The molecule has 0 spiro atoms. The number of aliphatic hydroxyl groups excluding tert-OH is 1. The maximum absolute atomic E-state index is 10.7. The first-order valence-electron chi connectivity index (χ1n) is 6.99. The van der Waals surface area contributed by atoms with Gasteiger partial charge in [0.25, 0.3) is 0 Å². The molecule has 0 fully saturated rings. The Morgan fingerprint density at radius 2 is 2.00 bits per heavy atom. The molecular weight excluding hydrogens is 296 g/mol. The Balaban J connectivity index is 2.05. The maximum atomic E-state index is 10.7. The predicted octanol–water partition coefficient (Wildman–Crippen LogP) is 3.32. The molecule has 2 heterocycles. The van der Waals surface area contributed by atoms with E-state index in [1.807, 2.05) is 32.0 Å². The fourth-order valence-electron chi connectivity index (χ4n) is 2.50. The summed E-state index contributed by atoms with van der Waals surface area (Å²) in [5.74, 6) is 0.723. The zero-order chi connectivity index (χ0) is 15.7. The minimum Gasteiger partial charge on any atom is -0.485 e. The van der Waals surface area contributed by atoms with Crippen molar-refractivity contribution in [2.45, 2.75) is 35.7 Å². The average Bonchev–Trinajstić information content (AvgIpc) is 2.52. The normalized spacial score (nSPS) is 22.3. The number of benzene rings is 1. The maximum Gasteiger partial charge on any atom is 0.131 e. The number of fused-ring (bicyclic) bond motifs is 1. The minimum atomic E-state index is -0.689. The third-order valence-corrected chi connectivity index (χ3v) is 5.04. The molecule has 2 aromatic rings. The first-order valence-corrected chi connectivity index (χ1v) is 7.87. The van der Waals surface area contributed by atoms with Gasteiger partial charge in [-0.1, -0.05) is 0 Å². The van der Waals surface area contributed by atoms with Crippen molar-refractivity contribution in [3.8, 4) is 11.8 Å². The number of aromatic nitrogens is 1. The summed E-state index contributed by atoms with van der Waals surface area (Å²) in [6.45, 7) is 3.75. The van der Waals surface area contributed by atoms with Crippen molar-refractivity contribution in [2.75, 3.05) is 0 Å². The summed E-state index contributed by atoms with van der Waals surface area (Å²) in [6.07, 6.45) is 2.77. The van der Waals surface area contributed by atoms with E-state index in [9.17, 15) is 5.11 Å². The molecule has 1 N–H and O–H groups in total.